The van der Waals surface area contributed by atoms with E-state index in [1.807, 2.05) is 0 Å². The minimum absolute atomic E-state index is 0.0884. The maximum atomic E-state index is 12.9. The third kappa shape index (κ3) is 2.52. The highest BCUT2D eigenvalue weighted by Gasteiger charge is 2.62. The first kappa shape index (κ1) is 17.6. The van der Waals surface area contributed by atoms with E-state index in [0.29, 0.717) is 11.1 Å². The van der Waals surface area contributed by atoms with Gasteiger partial charge in [0.25, 0.3) is 5.69 Å². The van der Waals surface area contributed by atoms with Crippen LogP contribution in [0, 0.1) is 16.0 Å². The van der Waals surface area contributed by atoms with Crippen molar-refractivity contribution < 1.29 is 24.0 Å². The number of benzene rings is 2. The van der Waals surface area contributed by atoms with Crippen molar-refractivity contribution in [3.8, 4) is 0 Å². The Kier molecular flexibility index (Phi) is 4.46. The lowest BCUT2D eigenvalue weighted by Crippen LogP contribution is -2.44. The van der Waals surface area contributed by atoms with Crippen molar-refractivity contribution in [2.75, 3.05) is 7.11 Å². The van der Waals surface area contributed by atoms with Crippen molar-refractivity contribution >= 4 is 17.6 Å². The Balaban J connectivity index is 2.19. The maximum absolute atomic E-state index is 12.9. The average molecular weight is 355 g/mol. The molecule has 0 aliphatic carbocycles. The summed E-state index contributed by atoms with van der Waals surface area (Å²) in [5, 5.41) is 10.9. The number of carbonyl (C=O) groups is 2. The molecule has 0 unspecified atom stereocenters. The van der Waals surface area contributed by atoms with Crippen molar-refractivity contribution in [1.29, 1.82) is 0 Å². The summed E-state index contributed by atoms with van der Waals surface area (Å²) in [6, 6.07) is 14.5. The lowest BCUT2D eigenvalue weighted by Gasteiger charge is -2.33. The van der Waals surface area contributed by atoms with Crippen LogP contribution in [0.3, 0.4) is 0 Å². The SMILES string of the molecule is COC(=O)[C@]1(c2ccccc2)[C@H](C)C(=O)O[C@H]1c1ccc([N+](=O)[O-])cc1. The molecule has 7 nitrogen and oxygen atoms in total. The van der Waals surface area contributed by atoms with Crippen molar-refractivity contribution in [1.82, 2.24) is 0 Å². The van der Waals surface area contributed by atoms with Crippen LogP contribution in [0.2, 0.25) is 0 Å². The number of ether oxygens (including phenoxy) is 2. The molecule has 0 spiro atoms. The maximum Gasteiger partial charge on any atom is 0.321 e. The molecule has 0 saturated carbocycles. The van der Waals surface area contributed by atoms with E-state index in [1.165, 1.54) is 31.4 Å². The Morgan fingerprint density at radius 1 is 1.15 bits per heavy atom. The highest BCUT2D eigenvalue weighted by molar-refractivity contribution is 5.94. The quantitative estimate of drug-likeness (QED) is 0.475. The zero-order chi connectivity index (χ0) is 18.9. The number of non-ortho nitro benzene ring substituents is 1. The van der Waals surface area contributed by atoms with Gasteiger partial charge in [-0.1, -0.05) is 37.3 Å². The van der Waals surface area contributed by atoms with Crippen LogP contribution in [-0.4, -0.2) is 24.0 Å². The van der Waals surface area contributed by atoms with Gasteiger partial charge in [-0.15, -0.1) is 0 Å². The number of nitrogens with zero attached hydrogens (tertiary/aromatic N) is 1. The smallest absolute Gasteiger partial charge is 0.321 e. The first-order valence-electron chi connectivity index (χ1n) is 8.01. The second kappa shape index (κ2) is 6.59. The topological polar surface area (TPSA) is 95.7 Å². The van der Waals surface area contributed by atoms with Crippen LogP contribution in [0.15, 0.2) is 54.6 Å². The minimum Gasteiger partial charge on any atom is -0.468 e. The van der Waals surface area contributed by atoms with Crippen molar-refractivity contribution in [3.05, 3.63) is 75.8 Å². The second-order valence-corrected chi connectivity index (χ2v) is 6.11. The summed E-state index contributed by atoms with van der Waals surface area (Å²) in [5.41, 5.74) is -0.380. The number of methoxy groups -OCH3 is 1. The molecule has 0 N–H and O–H groups in total. The molecule has 0 radical (unpaired) electrons. The van der Waals surface area contributed by atoms with E-state index in [0.717, 1.165) is 0 Å². The molecular weight excluding hydrogens is 338 g/mol. The van der Waals surface area contributed by atoms with Gasteiger partial charge in [0.2, 0.25) is 0 Å². The highest BCUT2D eigenvalue weighted by Crippen LogP contribution is 2.52. The number of hydrogen-bond donors (Lipinski definition) is 0. The predicted molar refractivity (Wildman–Crippen MR) is 91.2 cm³/mol. The van der Waals surface area contributed by atoms with Gasteiger partial charge in [0, 0.05) is 12.1 Å². The lowest BCUT2D eigenvalue weighted by atomic mass is 9.67. The number of nitro groups is 1. The molecule has 3 rings (SSSR count). The molecule has 2 aromatic carbocycles. The number of hydrogen-bond acceptors (Lipinski definition) is 6. The fourth-order valence-corrected chi connectivity index (χ4v) is 3.51. The normalized spacial score (nSPS) is 24.8. The minimum atomic E-state index is -1.37. The van der Waals surface area contributed by atoms with E-state index in [1.54, 1.807) is 37.3 Å². The van der Waals surface area contributed by atoms with Crippen LogP contribution in [0.5, 0.6) is 0 Å². The molecule has 1 fully saturated rings. The summed E-state index contributed by atoms with van der Waals surface area (Å²) in [6.45, 7) is 1.62. The van der Waals surface area contributed by atoms with E-state index >= 15 is 0 Å². The Hall–Kier alpha value is -3.22. The summed E-state index contributed by atoms with van der Waals surface area (Å²) in [4.78, 5) is 35.7. The van der Waals surface area contributed by atoms with Crippen molar-refractivity contribution in [2.24, 2.45) is 5.92 Å². The van der Waals surface area contributed by atoms with Crippen LogP contribution in [0.25, 0.3) is 0 Å². The molecule has 0 bridgehead atoms. The van der Waals surface area contributed by atoms with Gasteiger partial charge in [-0.25, -0.2) is 0 Å². The number of esters is 2. The molecule has 2 aromatic rings. The molecule has 26 heavy (non-hydrogen) atoms. The molecule has 1 saturated heterocycles. The molecule has 0 aromatic heterocycles. The Bertz CT molecular complexity index is 848. The summed E-state index contributed by atoms with van der Waals surface area (Å²) in [7, 11) is 1.26. The molecule has 1 heterocycles. The fraction of sp³-hybridized carbons (Fsp3) is 0.263. The average Bonchev–Trinajstić information content (AvgIpc) is 2.94. The standard InChI is InChI=1S/C19H17NO6/c1-12-17(21)26-16(13-8-10-15(11-9-13)20(23)24)19(12,18(22)25-2)14-6-4-3-5-7-14/h3-12,16H,1-2H3/t12-,16+,19+/m1/s1. The Morgan fingerprint density at radius 2 is 1.77 bits per heavy atom. The summed E-state index contributed by atoms with van der Waals surface area (Å²) in [5.74, 6) is -1.90. The summed E-state index contributed by atoms with van der Waals surface area (Å²) in [6.07, 6.45) is -0.944. The molecule has 0 amide bonds. The van der Waals surface area contributed by atoms with Gasteiger partial charge in [0.1, 0.15) is 11.5 Å². The lowest BCUT2D eigenvalue weighted by molar-refractivity contribution is -0.384. The summed E-state index contributed by atoms with van der Waals surface area (Å²) >= 11 is 0. The first-order chi connectivity index (χ1) is 12.4. The highest BCUT2D eigenvalue weighted by atomic mass is 16.6. The van der Waals surface area contributed by atoms with Crippen LogP contribution < -0.4 is 0 Å². The van der Waals surface area contributed by atoms with E-state index < -0.39 is 34.3 Å². The molecule has 1 aliphatic rings. The fourth-order valence-electron chi connectivity index (χ4n) is 3.51. The number of cyclic esters (lactones) is 1. The van der Waals surface area contributed by atoms with Crippen LogP contribution in [-0.2, 0) is 24.5 Å². The van der Waals surface area contributed by atoms with Gasteiger partial charge in [-0.2, -0.15) is 0 Å². The van der Waals surface area contributed by atoms with E-state index in [9.17, 15) is 19.7 Å². The van der Waals surface area contributed by atoms with Gasteiger partial charge in [-0.3, -0.25) is 19.7 Å². The Morgan fingerprint density at radius 3 is 2.31 bits per heavy atom. The Labute approximate surface area is 149 Å². The van der Waals surface area contributed by atoms with Gasteiger partial charge in [-0.05, 0) is 23.3 Å². The van der Waals surface area contributed by atoms with E-state index in [4.69, 9.17) is 9.47 Å². The summed E-state index contributed by atoms with van der Waals surface area (Å²) < 4.78 is 10.6. The number of rotatable bonds is 4. The van der Waals surface area contributed by atoms with Gasteiger partial charge < -0.3 is 9.47 Å². The van der Waals surface area contributed by atoms with Crippen LogP contribution >= 0.6 is 0 Å². The third-order valence-corrected chi connectivity index (χ3v) is 4.87. The van der Waals surface area contributed by atoms with Gasteiger partial charge >= 0.3 is 11.9 Å². The molecule has 134 valence electrons. The van der Waals surface area contributed by atoms with Crippen LogP contribution in [0.4, 0.5) is 5.69 Å². The van der Waals surface area contributed by atoms with Crippen LogP contribution in [0.1, 0.15) is 24.2 Å². The van der Waals surface area contributed by atoms with E-state index in [-0.39, 0.29) is 5.69 Å². The number of carbonyl (C=O) groups excluding carboxylic acids is 2. The monoisotopic (exact) mass is 355 g/mol. The van der Waals surface area contributed by atoms with Gasteiger partial charge in [0.15, 0.2) is 0 Å². The van der Waals surface area contributed by atoms with Crippen molar-refractivity contribution in [2.45, 2.75) is 18.4 Å². The first-order valence-corrected chi connectivity index (χ1v) is 8.01. The zero-order valence-electron chi connectivity index (χ0n) is 14.2. The molecule has 7 heteroatoms. The van der Waals surface area contributed by atoms with Gasteiger partial charge in [0.05, 0.1) is 18.0 Å². The molecule has 1 aliphatic heterocycles. The van der Waals surface area contributed by atoms with Crippen molar-refractivity contribution in [3.63, 3.8) is 0 Å². The van der Waals surface area contributed by atoms with E-state index in [2.05, 4.69) is 0 Å². The molecule has 3 atom stereocenters. The second-order valence-electron chi connectivity index (χ2n) is 6.11. The predicted octanol–water partition coefficient (Wildman–Crippen LogP) is 2.94. The molecular formula is C19H17NO6. The zero-order valence-corrected chi connectivity index (χ0v) is 14.2. The third-order valence-electron chi connectivity index (χ3n) is 4.87. The number of nitro benzene ring substituents is 1. The largest absolute Gasteiger partial charge is 0.468 e.